The highest BCUT2D eigenvalue weighted by Gasteiger charge is 2.15. The maximum Gasteiger partial charge on any atom is 0.306 e. The molecular weight excluding hydrogens is 310 g/mol. The van der Waals surface area contributed by atoms with E-state index in [0.29, 0.717) is 16.7 Å². The maximum atomic E-state index is 12.1. The number of ether oxygens (including phenoxy) is 1. The summed E-state index contributed by atoms with van der Waals surface area (Å²) in [6.45, 7) is 2.00. The summed E-state index contributed by atoms with van der Waals surface area (Å²) in [4.78, 5) is 34.0. The molecular formula is C18H17NO5. The standard InChI is InChI=1S/C18H17NO5/c1-2-24-18(21)12-11-17(20)14-9-7-13(8-10-14)15-5-3-4-6-16(15)19(22)23/h3-10H,2,11-12H2,1H3. The van der Waals surface area contributed by atoms with Crippen LogP contribution in [0.5, 0.6) is 0 Å². The number of rotatable bonds is 7. The molecule has 0 spiro atoms. The first kappa shape index (κ1) is 17.3. The second kappa shape index (κ2) is 8.01. The van der Waals surface area contributed by atoms with Crippen LogP contribution >= 0.6 is 0 Å². The number of nitro groups is 1. The van der Waals surface area contributed by atoms with E-state index < -0.39 is 10.9 Å². The van der Waals surface area contributed by atoms with Gasteiger partial charge in [-0.25, -0.2) is 0 Å². The molecule has 0 aliphatic heterocycles. The fourth-order valence-electron chi connectivity index (χ4n) is 2.31. The molecule has 2 rings (SSSR count). The Morgan fingerprint density at radius 2 is 1.71 bits per heavy atom. The van der Waals surface area contributed by atoms with Gasteiger partial charge >= 0.3 is 5.97 Å². The third-order valence-electron chi connectivity index (χ3n) is 3.48. The first-order valence-electron chi connectivity index (χ1n) is 7.55. The van der Waals surface area contributed by atoms with E-state index in [1.807, 2.05) is 0 Å². The van der Waals surface area contributed by atoms with Gasteiger partial charge in [0.15, 0.2) is 5.78 Å². The van der Waals surface area contributed by atoms with Gasteiger partial charge in [0.1, 0.15) is 0 Å². The highest BCUT2D eigenvalue weighted by Crippen LogP contribution is 2.29. The number of para-hydroxylation sites is 1. The lowest BCUT2D eigenvalue weighted by Crippen LogP contribution is -2.07. The molecule has 0 radical (unpaired) electrons. The van der Waals surface area contributed by atoms with Crippen molar-refractivity contribution in [2.75, 3.05) is 6.61 Å². The molecule has 6 heteroatoms. The molecule has 0 amide bonds. The average Bonchev–Trinajstić information content (AvgIpc) is 2.60. The third-order valence-corrected chi connectivity index (χ3v) is 3.48. The van der Waals surface area contributed by atoms with E-state index in [4.69, 9.17) is 4.74 Å². The molecule has 0 aliphatic carbocycles. The highest BCUT2D eigenvalue weighted by atomic mass is 16.6. The van der Waals surface area contributed by atoms with E-state index in [2.05, 4.69) is 0 Å². The predicted molar refractivity (Wildman–Crippen MR) is 88.7 cm³/mol. The summed E-state index contributed by atoms with van der Waals surface area (Å²) >= 11 is 0. The van der Waals surface area contributed by atoms with Crippen LogP contribution in [0.25, 0.3) is 11.1 Å². The SMILES string of the molecule is CCOC(=O)CCC(=O)c1ccc(-c2ccccc2[N+](=O)[O-])cc1. The summed E-state index contributed by atoms with van der Waals surface area (Å²) in [7, 11) is 0. The zero-order chi connectivity index (χ0) is 17.5. The Morgan fingerprint density at radius 3 is 2.33 bits per heavy atom. The Morgan fingerprint density at radius 1 is 1.04 bits per heavy atom. The van der Waals surface area contributed by atoms with E-state index in [-0.39, 0.29) is 30.9 Å². The number of Topliss-reactive ketones (excluding diaryl/α,β-unsaturated/α-hetero) is 1. The molecule has 0 saturated heterocycles. The van der Waals surface area contributed by atoms with Gasteiger partial charge in [-0.15, -0.1) is 0 Å². The van der Waals surface area contributed by atoms with Gasteiger partial charge in [0.25, 0.3) is 5.69 Å². The van der Waals surface area contributed by atoms with Gasteiger partial charge in [-0.05, 0) is 18.6 Å². The predicted octanol–water partition coefficient (Wildman–Crippen LogP) is 3.79. The lowest BCUT2D eigenvalue weighted by Gasteiger charge is -2.05. The summed E-state index contributed by atoms with van der Waals surface area (Å²) in [5.41, 5.74) is 1.62. The van der Waals surface area contributed by atoms with Crippen LogP contribution in [0.2, 0.25) is 0 Å². The van der Waals surface area contributed by atoms with Crippen LogP contribution in [0.4, 0.5) is 5.69 Å². The van der Waals surface area contributed by atoms with Gasteiger partial charge in [-0.3, -0.25) is 19.7 Å². The van der Waals surface area contributed by atoms with Crippen molar-refractivity contribution >= 4 is 17.4 Å². The molecule has 124 valence electrons. The van der Waals surface area contributed by atoms with Crippen molar-refractivity contribution in [2.24, 2.45) is 0 Å². The van der Waals surface area contributed by atoms with Crippen LogP contribution in [0.15, 0.2) is 48.5 Å². The van der Waals surface area contributed by atoms with Crippen molar-refractivity contribution in [3.05, 3.63) is 64.2 Å². The second-order valence-electron chi connectivity index (χ2n) is 5.08. The lowest BCUT2D eigenvalue weighted by atomic mass is 10.00. The lowest BCUT2D eigenvalue weighted by molar-refractivity contribution is -0.384. The van der Waals surface area contributed by atoms with Crippen LogP contribution < -0.4 is 0 Å². The normalized spacial score (nSPS) is 10.2. The quantitative estimate of drug-likeness (QED) is 0.334. The average molecular weight is 327 g/mol. The monoisotopic (exact) mass is 327 g/mol. The van der Waals surface area contributed by atoms with Crippen LogP contribution in [-0.4, -0.2) is 23.3 Å². The third kappa shape index (κ3) is 4.25. The summed E-state index contributed by atoms with van der Waals surface area (Å²) in [5.74, 6) is -0.570. The van der Waals surface area contributed by atoms with Gasteiger partial charge in [0.05, 0.1) is 23.5 Å². The number of hydrogen-bond acceptors (Lipinski definition) is 5. The molecule has 0 fully saturated rings. The van der Waals surface area contributed by atoms with Crippen LogP contribution in [0.3, 0.4) is 0 Å². The van der Waals surface area contributed by atoms with E-state index in [1.54, 1.807) is 49.4 Å². The zero-order valence-corrected chi connectivity index (χ0v) is 13.2. The number of carbonyl (C=O) groups is 2. The van der Waals surface area contributed by atoms with Crippen molar-refractivity contribution in [1.29, 1.82) is 0 Å². The van der Waals surface area contributed by atoms with Crippen molar-refractivity contribution in [3.63, 3.8) is 0 Å². The minimum Gasteiger partial charge on any atom is -0.466 e. The van der Waals surface area contributed by atoms with Crippen molar-refractivity contribution in [2.45, 2.75) is 19.8 Å². The first-order chi connectivity index (χ1) is 11.5. The fraction of sp³-hybridized carbons (Fsp3) is 0.222. The molecule has 0 heterocycles. The number of benzene rings is 2. The number of nitro benzene ring substituents is 1. The second-order valence-corrected chi connectivity index (χ2v) is 5.08. The van der Waals surface area contributed by atoms with Crippen LogP contribution in [0, 0.1) is 10.1 Å². The van der Waals surface area contributed by atoms with Gasteiger partial charge in [-0.1, -0.05) is 36.4 Å². The van der Waals surface area contributed by atoms with E-state index in [0.717, 1.165) is 0 Å². The molecule has 2 aromatic rings. The minimum atomic E-state index is -0.437. The van der Waals surface area contributed by atoms with E-state index >= 15 is 0 Å². The Kier molecular flexibility index (Phi) is 5.78. The van der Waals surface area contributed by atoms with Crippen molar-refractivity contribution in [3.8, 4) is 11.1 Å². The number of hydrogen-bond donors (Lipinski definition) is 0. The summed E-state index contributed by atoms with van der Waals surface area (Å²) in [6.07, 6.45) is 0.113. The molecule has 0 bridgehead atoms. The number of ketones is 1. The van der Waals surface area contributed by atoms with Crippen molar-refractivity contribution in [1.82, 2.24) is 0 Å². The Hall–Kier alpha value is -3.02. The van der Waals surface area contributed by atoms with Crippen LogP contribution in [0.1, 0.15) is 30.1 Å². The molecule has 0 aliphatic rings. The summed E-state index contributed by atoms with van der Waals surface area (Å²) in [5, 5.41) is 11.1. The molecule has 2 aromatic carbocycles. The largest absolute Gasteiger partial charge is 0.466 e. The molecule has 0 N–H and O–H groups in total. The number of esters is 1. The summed E-state index contributed by atoms with van der Waals surface area (Å²) in [6, 6.07) is 13.0. The summed E-state index contributed by atoms with van der Waals surface area (Å²) < 4.78 is 4.79. The van der Waals surface area contributed by atoms with Crippen LogP contribution in [-0.2, 0) is 9.53 Å². The molecule has 6 nitrogen and oxygen atoms in total. The number of carbonyl (C=O) groups excluding carboxylic acids is 2. The Labute approximate surface area is 139 Å². The maximum absolute atomic E-state index is 12.1. The highest BCUT2D eigenvalue weighted by molar-refractivity contribution is 5.98. The minimum absolute atomic E-state index is 0.0129. The zero-order valence-electron chi connectivity index (χ0n) is 13.2. The molecule has 0 atom stereocenters. The molecule has 0 unspecified atom stereocenters. The molecule has 24 heavy (non-hydrogen) atoms. The van der Waals surface area contributed by atoms with E-state index in [9.17, 15) is 19.7 Å². The molecule has 0 saturated carbocycles. The fourth-order valence-corrected chi connectivity index (χ4v) is 2.31. The smallest absolute Gasteiger partial charge is 0.306 e. The van der Waals surface area contributed by atoms with Crippen molar-refractivity contribution < 1.29 is 19.2 Å². The van der Waals surface area contributed by atoms with Gasteiger partial charge in [0, 0.05) is 18.1 Å². The topological polar surface area (TPSA) is 86.5 Å². The first-order valence-corrected chi connectivity index (χ1v) is 7.55. The Balaban J connectivity index is 2.12. The van der Waals surface area contributed by atoms with Gasteiger partial charge < -0.3 is 4.74 Å². The number of nitrogens with zero attached hydrogens (tertiary/aromatic N) is 1. The van der Waals surface area contributed by atoms with Gasteiger partial charge in [0.2, 0.25) is 0 Å². The van der Waals surface area contributed by atoms with Gasteiger partial charge in [-0.2, -0.15) is 0 Å². The van der Waals surface area contributed by atoms with E-state index in [1.165, 1.54) is 6.07 Å². The Bertz CT molecular complexity index is 752. The molecule has 0 aromatic heterocycles.